The van der Waals surface area contributed by atoms with E-state index in [-0.39, 0.29) is 30.1 Å². The summed E-state index contributed by atoms with van der Waals surface area (Å²) in [6, 6.07) is 12.9. The average Bonchev–Trinajstić information content (AvgIpc) is 2.72. The number of carbonyl (C=O) groups is 1. The Morgan fingerprint density at radius 3 is 2.71 bits per heavy atom. The second kappa shape index (κ2) is 11.8. The second-order valence-electron chi connectivity index (χ2n) is 7.90. The highest BCUT2D eigenvalue weighted by Gasteiger charge is 2.25. The lowest BCUT2D eigenvalue weighted by molar-refractivity contribution is -0.143. The quantitative estimate of drug-likeness (QED) is 0.358. The first-order valence-electron chi connectivity index (χ1n) is 10.4. The monoisotopic (exact) mass is 448 g/mol. The van der Waals surface area contributed by atoms with Crippen LogP contribution in [0.15, 0.2) is 47.6 Å². The van der Waals surface area contributed by atoms with Crippen LogP contribution in [0.4, 0.5) is 4.39 Å². The van der Waals surface area contributed by atoms with Gasteiger partial charge in [-0.2, -0.15) is 0 Å². The van der Waals surface area contributed by atoms with E-state index in [9.17, 15) is 14.3 Å². The Morgan fingerprint density at radius 2 is 2.00 bits per heavy atom. The molecule has 5 nitrogen and oxygen atoms in total. The lowest BCUT2D eigenvalue weighted by Crippen LogP contribution is -2.40. The molecular formula is C24H30ClFN2O3. The molecule has 2 aromatic rings. The molecule has 2 aromatic carbocycles. The van der Waals surface area contributed by atoms with Crippen LogP contribution in [0, 0.1) is 25.6 Å². The van der Waals surface area contributed by atoms with Crippen molar-refractivity contribution in [1.29, 1.82) is 0 Å². The summed E-state index contributed by atoms with van der Waals surface area (Å²) in [4.78, 5) is 18.8. The van der Waals surface area contributed by atoms with E-state index in [1.54, 1.807) is 12.3 Å². The number of halogens is 2. The zero-order valence-corrected chi connectivity index (χ0v) is 18.8. The number of rotatable bonds is 8. The largest absolute Gasteiger partial charge is 0.481 e. The number of benzene rings is 2. The molecular weight excluding hydrogens is 419 g/mol. The molecule has 0 aliphatic carbocycles. The molecule has 7 heteroatoms. The number of hydrogen-bond acceptors (Lipinski definition) is 4. The summed E-state index contributed by atoms with van der Waals surface area (Å²) in [5.74, 6) is -1.42. The summed E-state index contributed by atoms with van der Waals surface area (Å²) in [6.45, 7) is 6.43. The number of aliphatic carboxylic acids is 1. The molecule has 0 spiro atoms. The maximum Gasteiger partial charge on any atom is 0.307 e. The molecule has 168 valence electrons. The van der Waals surface area contributed by atoms with Crippen LogP contribution >= 0.6 is 12.4 Å². The van der Waals surface area contributed by atoms with Crippen molar-refractivity contribution in [1.82, 2.24) is 4.90 Å². The van der Waals surface area contributed by atoms with Crippen molar-refractivity contribution in [2.45, 2.75) is 32.6 Å². The van der Waals surface area contributed by atoms with Gasteiger partial charge in [0.15, 0.2) is 0 Å². The minimum absolute atomic E-state index is 0. The van der Waals surface area contributed by atoms with E-state index < -0.39 is 5.97 Å². The summed E-state index contributed by atoms with van der Waals surface area (Å²) in [6.07, 6.45) is 3.39. The fraction of sp³-hybridized carbons (Fsp3) is 0.417. The maximum absolute atomic E-state index is 13.6. The number of aryl methyl sites for hydroxylation is 2. The van der Waals surface area contributed by atoms with E-state index in [1.165, 1.54) is 12.1 Å². The predicted octanol–water partition coefficient (Wildman–Crippen LogP) is 4.80. The van der Waals surface area contributed by atoms with Gasteiger partial charge in [0.2, 0.25) is 0 Å². The lowest BCUT2D eigenvalue weighted by Gasteiger charge is -2.29. The van der Waals surface area contributed by atoms with E-state index in [0.29, 0.717) is 19.7 Å². The van der Waals surface area contributed by atoms with Gasteiger partial charge in [-0.25, -0.2) is 4.39 Å². The molecule has 1 saturated heterocycles. The van der Waals surface area contributed by atoms with E-state index in [0.717, 1.165) is 41.6 Å². The van der Waals surface area contributed by atoms with Gasteiger partial charge >= 0.3 is 5.97 Å². The minimum Gasteiger partial charge on any atom is -0.481 e. The van der Waals surface area contributed by atoms with Gasteiger partial charge in [-0.3, -0.25) is 9.69 Å². The minimum atomic E-state index is -0.727. The Labute approximate surface area is 189 Å². The molecule has 0 bridgehead atoms. The number of oxime groups is 1. The van der Waals surface area contributed by atoms with Crippen LogP contribution in [-0.2, 0) is 9.63 Å². The van der Waals surface area contributed by atoms with Crippen molar-refractivity contribution in [3.05, 3.63) is 70.5 Å². The standard InChI is InChI=1S/C24H29FN2O3.ClH/c1-17-6-3-4-8-21(17)23(22-10-9-20(25)14-18(22)2)15-26-30-13-12-27-11-5-7-19(16-27)24(28)29;/h3-4,6,8-10,14-15,19,23H,5,7,11-13,16H2,1-2H3,(H,28,29);1H/b26-15-;/t19-,23?;/m1./s1. The molecule has 3 rings (SSSR count). The molecule has 31 heavy (non-hydrogen) atoms. The van der Waals surface area contributed by atoms with Crippen LogP contribution in [0.5, 0.6) is 0 Å². The summed E-state index contributed by atoms with van der Waals surface area (Å²) < 4.78 is 13.6. The topological polar surface area (TPSA) is 62.1 Å². The highest BCUT2D eigenvalue weighted by Crippen LogP contribution is 2.28. The van der Waals surface area contributed by atoms with E-state index in [1.807, 2.05) is 32.0 Å². The van der Waals surface area contributed by atoms with Crippen molar-refractivity contribution < 1.29 is 19.1 Å². The van der Waals surface area contributed by atoms with Crippen LogP contribution in [0.25, 0.3) is 0 Å². The first kappa shape index (κ1) is 24.8. The smallest absolute Gasteiger partial charge is 0.307 e. The van der Waals surface area contributed by atoms with Gasteiger partial charge in [-0.05, 0) is 67.6 Å². The van der Waals surface area contributed by atoms with Gasteiger partial charge in [0.1, 0.15) is 12.4 Å². The molecule has 1 aliphatic heterocycles. The highest BCUT2D eigenvalue weighted by molar-refractivity contribution is 5.85. The molecule has 0 saturated carbocycles. The third kappa shape index (κ3) is 6.77. The van der Waals surface area contributed by atoms with Crippen molar-refractivity contribution >= 4 is 24.6 Å². The maximum atomic E-state index is 13.6. The number of likely N-dealkylation sites (tertiary alicyclic amines) is 1. The molecule has 2 atom stereocenters. The van der Waals surface area contributed by atoms with Gasteiger partial charge in [-0.15, -0.1) is 12.4 Å². The zero-order chi connectivity index (χ0) is 21.5. The third-order valence-electron chi connectivity index (χ3n) is 5.73. The van der Waals surface area contributed by atoms with Gasteiger partial charge in [0.25, 0.3) is 0 Å². The predicted molar refractivity (Wildman–Crippen MR) is 123 cm³/mol. The van der Waals surface area contributed by atoms with Gasteiger partial charge in [0.05, 0.1) is 12.1 Å². The number of nitrogens with zero attached hydrogens (tertiary/aromatic N) is 2. The first-order chi connectivity index (χ1) is 14.5. The Balaban J connectivity index is 0.00000341. The Bertz CT molecular complexity index is 906. The summed E-state index contributed by atoms with van der Waals surface area (Å²) in [5, 5.41) is 13.4. The van der Waals surface area contributed by atoms with E-state index in [2.05, 4.69) is 16.1 Å². The van der Waals surface area contributed by atoms with Crippen molar-refractivity contribution in [3.63, 3.8) is 0 Å². The van der Waals surface area contributed by atoms with Crippen molar-refractivity contribution in [3.8, 4) is 0 Å². The normalized spacial score (nSPS) is 17.8. The molecule has 1 heterocycles. The zero-order valence-electron chi connectivity index (χ0n) is 18.0. The van der Waals surface area contributed by atoms with Gasteiger partial charge < -0.3 is 9.94 Å². The van der Waals surface area contributed by atoms with Crippen LogP contribution in [0.1, 0.15) is 41.0 Å². The number of carboxylic acid groups (broad SMARTS) is 1. The van der Waals surface area contributed by atoms with Crippen LogP contribution in [-0.4, -0.2) is 48.4 Å². The van der Waals surface area contributed by atoms with Crippen LogP contribution in [0.3, 0.4) is 0 Å². The van der Waals surface area contributed by atoms with Gasteiger partial charge in [-0.1, -0.05) is 35.5 Å². The number of hydrogen-bond donors (Lipinski definition) is 1. The molecule has 0 aromatic heterocycles. The summed E-state index contributed by atoms with van der Waals surface area (Å²) in [5.41, 5.74) is 4.08. The first-order valence-corrected chi connectivity index (χ1v) is 10.4. The fourth-order valence-corrected chi connectivity index (χ4v) is 4.04. The number of piperidine rings is 1. The Hall–Kier alpha value is -2.44. The molecule has 0 radical (unpaired) electrons. The second-order valence-corrected chi connectivity index (χ2v) is 7.90. The van der Waals surface area contributed by atoms with E-state index >= 15 is 0 Å². The Morgan fingerprint density at radius 1 is 1.26 bits per heavy atom. The number of carboxylic acids is 1. The van der Waals surface area contributed by atoms with Crippen molar-refractivity contribution in [2.24, 2.45) is 11.1 Å². The molecule has 1 aliphatic rings. The van der Waals surface area contributed by atoms with E-state index in [4.69, 9.17) is 4.84 Å². The highest BCUT2D eigenvalue weighted by atomic mass is 35.5. The van der Waals surface area contributed by atoms with Crippen molar-refractivity contribution in [2.75, 3.05) is 26.2 Å². The Kier molecular flexibility index (Phi) is 9.46. The fourth-order valence-electron chi connectivity index (χ4n) is 4.04. The SMILES string of the molecule is Cc1ccccc1C(/C=N\OCCN1CCC[C@@H](C(=O)O)C1)c1ccc(F)cc1C.Cl. The molecule has 0 amide bonds. The van der Waals surface area contributed by atoms with Crippen LogP contribution < -0.4 is 0 Å². The lowest BCUT2D eigenvalue weighted by atomic mass is 9.87. The van der Waals surface area contributed by atoms with Crippen LogP contribution in [0.2, 0.25) is 0 Å². The molecule has 1 N–H and O–H groups in total. The third-order valence-corrected chi connectivity index (χ3v) is 5.73. The summed E-state index contributed by atoms with van der Waals surface area (Å²) in [7, 11) is 0. The van der Waals surface area contributed by atoms with Gasteiger partial charge in [0, 0.05) is 19.0 Å². The summed E-state index contributed by atoms with van der Waals surface area (Å²) >= 11 is 0. The average molecular weight is 449 g/mol. The molecule has 1 fully saturated rings. The molecule has 1 unspecified atom stereocenters.